The number of nitrogens with zero attached hydrogens (tertiary/aromatic N) is 1. The van der Waals surface area contributed by atoms with Gasteiger partial charge in [0.2, 0.25) is 0 Å². The van der Waals surface area contributed by atoms with E-state index in [4.69, 9.17) is 15.7 Å². The third-order valence-electron chi connectivity index (χ3n) is 3.55. The number of benzene rings is 1. The first-order valence-corrected chi connectivity index (χ1v) is 6.37. The predicted molar refractivity (Wildman–Crippen MR) is 72.1 cm³/mol. The Morgan fingerprint density at radius 3 is 2.89 bits per heavy atom. The summed E-state index contributed by atoms with van der Waals surface area (Å²) in [6.07, 6.45) is 1.83. The van der Waals surface area contributed by atoms with Gasteiger partial charge in [0.25, 0.3) is 0 Å². The van der Waals surface area contributed by atoms with Crippen molar-refractivity contribution in [3.05, 3.63) is 23.8 Å². The second-order valence-electron chi connectivity index (χ2n) is 5.90. The van der Waals surface area contributed by atoms with Gasteiger partial charge >= 0.3 is 0 Å². The van der Waals surface area contributed by atoms with Crippen LogP contribution in [-0.4, -0.2) is 6.10 Å². The lowest BCUT2D eigenvalue weighted by atomic mass is 9.81. The van der Waals surface area contributed by atoms with Crippen LogP contribution in [0.5, 0.6) is 5.75 Å². The Morgan fingerprint density at radius 2 is 2.22 bits per heavy atom. The van der Waals surface area contributed by atoms with Gasteiger partial charge in [-0.05, 0) is 49.9 Å². The van der Waals surface area contributed by atoms with Gasteiger partial charge in [-0.1, -0.05) is 6.92 Å². The SMILES string of the molecule is CC1Cc2cc(N)ccc2OC1CC(C)(C)C#N. The van der Waals surface area contributed by atoms with Gasteiger partial charge in [-0.3, -0.25) is 0 Å². The summed E-state index contributed by atoms with van der Waals surface area (Å²) >= 11 is 0. The molecule has 0 saturated heterocycles. The summed E-state index contributed by atoms with van der Waals surface area (Å²) in [6, 6.07) is 8.12. The summed E-state index contributed by atoms with van der Waals surface area (Å²) in [6.45, 7) is 6.09. The molecule has 0 aliphatic carbocycles. The number of fused-ring (bicyclic) bond motifs is 1. The Bertz CT molecular complexity index is 488. The van der Waals surface area contributed by atoms with Crippen LogP contribution < -0.4 is 10.5 Å². The fourth-order valence-electron chi connectivity index (χ4n) is 2.42. The summed E-state index contributed by atoms with van der Waals surface area (Å²) in [7, 11) is 0. The average molecular weight is 244 g/mol. The number of hydrogen-bond donors (Lipinski definition) is 1. The van der Waals surface area contributed by atoms with Gasteiger partial charge in [0.1, 0.15) is 11.9 Å². The summed E-state index contributed by atoms with van der Waals surface area (Å²) in [5, 5.41) is 9.12. The lowest BCUT2D eigenvalue weighted by molar-refractivity contribution is 0.0890. The molecule has 0 bridgehead atoms. The first-order chi connectivity index (χ1) is 8.41. The van der Waals surface area contributed by atoms with Crippen molar-refractivity contribution in [2.75, 3.05) is 5.73 Å². The van der Waals surface area contributed by atoms with Crippen molar-refractivity contribution < 1.29 is 4.74 Å². The highest BCUT2D eigenvalue weighted by molar-refractivity contribution is 5.48. The lowest BCUT2D eigenvalue weighted by Gasteiger charge is -2.34. The van der Waals surface area contributed by atoms with Gasteiger partial charge in [0.15, 0.2) is 0 Å². The number of rotatable bonds is 2. The minimum absolute atomic E-state index is 0.107. The van der Waals surface area contributed by atoms with Crippen molar-refractivity contribution in [2.45, 2.75) is 39.7 Å². The molecule has 0 amide bonds. The van der Waals surface area contributed by atoms with E-state index in [-0.39, 0.29) is 11.5 Å². The van der Waals surface area contributed by atoms with Crippen molar-refractivity contribution in [3.63, 3.8) is 0 Å². The molecule has 2 atom stereocenters. The highest BCUT2D eigenvalue weighted by atomic mass is 16.5. The Kier molecular flexibility index (Phi) is 3.21. The van der Waals surface area contributed by atoms with E-state index in [1.807, 2.05) is 32.0 Å². The molecule has 3 heteroatoms. The van der Waals surface area contributed by atoms with E-state index in [1.54, 1.807) is 0 Å². The molecular weight excluding hydrogens is 224 g/mol. The van der Waals surface area contributed by atoms with E-state index in [2.05, 4.69) is 13.0 Å². The Morgan fingerprint density at radius 1 is 1.50 bits per heavy atom. The Hall–Kier alpha value is -1.69. The largest absolute Gasteiger partial charge is 0.490 e. The van der Waals surface area contributed by atoms with Crippen molar-refractivity contribution in [1.29, 1.82) is 5.26 Å². The molecule has 96 valence electrons. The minimum Gasteiger partial charge on any atom is -0.490 e. The summed E-state index contributed by atoms with van der Waals surface area (Å²) < 4.78 is 6.03. The molecule has 2 N–H and O–H groups in total. The predicted octanol–water partition coefficient (Wildman–Crippen LogP) is 3.15. The van der Waals surface area contributed by atoms with Gasteiger partial charge in [-0.15, -0.1) is 0 Å². The maximum atomic E-state index is 9.12. The molecular formula is C15H20N2O. The molecule has 0 fully saturated rings. The molecule has 0 radical (unpaired) electrons. The van der Waals surface area contributed by atoms with Crippen LogP contribution in [0.15, 0.2) is 18.2 Å². The van der Waals surface area contributed by atoms with Crippen LogP contribution in [0.4, 0.5) is 5.69 Å². The smallest absolute Gasteiger partial charge is 0.123 e. The number of nitriles is 1. The summed E-state index contributed by atoms with van der Waals surface area (Å²) in [5.41, 5.74) is 7.40. The first-order valence-electron chi connectivity index (χ1n) is 6.37. The van der Waals surface area contributed by atoms with E-state index in [0.29, 0.717) is 5.92 Å². The van der Waals surface area contributed by atoms with Crippen LogP contribution in [0.1, 0.15) is 32.8 Å². The molecule has 0 aromatic heterocycles. The zero-order chi connectivity index (χ0) is 13.3. The normalized spacial score (nSPS) is 22.8. The van der Waals surface area contributed by atoms with E-state index < -0.39 is 0 Å². The first kappa shape index (κ1) is 12.8. The average Bonchev–Trinajstić information content (AvgIpc) is 2.30. The highest BCUT2D eigenvalue weighted by Gasteiger charge is 2.32. The van der Waals surface area contributed by atoms with Crippen LogP contribution in [0, 0.1) is 22.7 Å². The van der Waals surface area contributed by atoms with Gasteiger partial charge in [0, 0.05) is 12.1 Å². The van der Waals surface area contributed by atoms with Crippen molar-refractivity contribution in [2.24, 2.45) is 11.3 Å². The van der Waals surface area contributed by atoms with Gasteiger partial charge in [-0.2, -0.15) is 5.26 Å². The van der Waals surface area contributed by atoms with Crippen molar-refractivity contribution >= 4 is 5.69 Å². The topological polar surface area (TPSA) is 59.0 Å². The number of hydrogen-bond acceptors (Lipinski definition) is 3. The van der Waals surface area contributed by atoms with E-state index in [0.717, 1.165) is 24.3 Å². The third kappa shape index (κ3) is 2.59. The van der Waals surface area contributed by atoms with Crippen molar-refractivity contribution in [3.8, 4) is 11.8 Å². The van der Waals surface area contributed by atoms with Crippen LogP contribution in [0.25, 0.3) is 0 Å². The fourth-order valence-corrected chi connectivity index (χ4v) is 2.42. The molecule has 18 heavy (non-hydrogen) atoms. The van der Waals surface area contributed by atoms with Gasteiger partial charge in [-0.25, -0.2) is 0 Å². The quantitative estimate of drug-likeness (QED) is 0.813. The summed E-state index contributed by atoms with van der Waals surface area (Å²) in [4.78, 5) is 0. The van der Waals surface area contributed by atoms with Gasteiger partial charge in [0.05, 0.1) is 11.5 Å². The lowest BCUT2D eigenvalue weighted by Crippen LogP contribution is -2.35. The van der Waals surface area contributed by atoms with Crippen LogP contribution in [-0.2, 0) is 6.42 Å². The molecule has 1 aliphatic heterocycles. The van der Waals surface area contributed by atoms with Crippen LogP contribution in [0.3, 0.4) is 0 Å². The fraction of sp³-hybridized carbons (Fsp3) is 0.533. The second-order valence-corrected chi connectivity index (χ2v) is 5.90. The molecule has 1 aromatic carbocycles. The highest BCUT2D eigenvalue weighted by Crippen LogP contribution is 2.36. The molecule has 1 aromatic rings. The van der Waals surface area contributed by atoms with Crippen molar-refractivity contribution in [1.82, 2.24) is 0 Å². The van der Waals surface area contributed by atoms with E-state index in [9.17, 15) is 0 Å². The van der Waals surface area contributed by atoms with Gasteiger partial charge < -0.3 is 10.5 Å². The molecule has 0 spiro atoms. The number of nitrogens with two attached hydrogens (primary N) is 1. The zero-order valence-corrected chi connectivity index (χ0v) is 11.2. The Balaban J connectivity index is 2.19. The summed E-state index contributed by atoms with van der Waals surface area (Å²) in [5.74, 6) is 1.33. The maximum absolute atomic E-state index is 9.12. The second kappa shape index (κ2) is 4.53. The molecule has 2 rings (SSSR count). The molecule has 1 aliphatic rings. The maximum Gasteiger partial charge on any atom is 0.123 e. The van der Waals surface area contributed by atoms with E-state index in [1.165, 1.54) is 5.56 Å². The number of anilines is 1. The van der Waals surface area contributed by atoms with Crippen LogP contribution >= 0.6 is 0 Å². The van der Waals surface area contributed by atoms with E-state index >= 15 is 0 Å². The zero-order valence-electron chi connectivity index (χ0n) is 11.2. The monoisotopic (exact) mass is 244 g/mol. The molecule has 0 saturated carbocycles. The standard InChI is InChI=1S/C15H20N2O/c1-10-6-11-7-12(17)4-5-13(11)18-14(10)8-15(2,3)9-16/h4-5,7,10,14H,6,8,17H2,1-3H3. The third-order valence-corrected chi connectivity index (χ3v) is 3.55. The molecule has 3 nitrogen and oxygen atoms in total. The Labute approximate surface area is 109 Å². The number of ether oxygens (including phenoxy) is 1. The van der Waals surface area contributed by atoms with Crippen LogP contribution in [0.2, 0.25) is 0 Å². The minimum atomic E-state index is -0.343. The number of nitrogen functional groups attached to an aromatic ring is 1. The molecule has 2 unspecified atom stereocenters. The molecule has 1 heterocycles.